The van der Waals surface area contributed by atoms with E-state index in [0.29, 0.717) is 19.4 Å². The molecule has 0 aromatic rings. The van der Waals surface area contributed by atoms with E-state index in [1.165, 1.54) is 4.90 Å². The Hall–Kier alpha value is -1.79. The van der Waals surface area contributed by atoms with Gasteiger partial charge in [-0.25, -0.2) is 9.59 Å². The van der Waals surface area contributed by atoms with Crippen molar-refractivity contribution in [1.82, 2.24) is 10.2 Å². The summed E-state index contributed by atoms with van der Waals surface area (Å²) in [7, 11) is 0. The first kappa shape index (κ1) is 17.3. The number of nitrogens with one attached hydrogen (secondary N) is 1. The Balaban J connectivity index is 2.61. The summed E-state index contributed by atoms with van der Waals surface area (Å²) in [5, 5.41) is 11.9. The lowest BCUT2D eigenvalue weighted by atomic mass is 9.83. The van der Waals surface area contributed by atoms with Crippen molar-refractivity contribution in [1.29, 1.82) is 0 Å². The maximum atomic E-state index is 12.1. The number of amides is 2. The lowest BCUT2D eigenvalue weighted by molar-refractivity contribution is -0.148. The second-order valence-corrected chi connectivity index (χ2v) is 5.43. The second-order valence-electron chi connectivity index (χ2n) is 5.43. The van der Waals surface area contributed by atoms with E-state index in [2.05, 4.69) is 5.32 Å². The molecule has 0 saturated carbocycles. The summed E-state index contributed by atoms with van der Waals surface area (Å²) >= 11 is 0. The summed E-state index contributed by atoms with van der Waals surface area (Å²) in [5.41, 5.74) is -0.862. The highest BCUT2D eigenvalue weighted by atomic mass is 16.5. The molecule has 0 radical (unpaired) electrons. The van der Waals surface area contributed by atoms with E-state index in [1.54, 1.807) is 13.8 Å². The maximum absolute atomic E-state index is 12.1. The zero-order valence-electron chi connectivity index (χ0n) is 12.8. The zero-order chi connectivity index (χ0) is 16.0. The van der Waals surface area contributed by atoms with Crippen molar-refractivity contribution >= 4 is 18.0 Å². The number of carboxylic acids is 1. The minimum Gasteiger partial charge on any atom is -0.481 e. The summed E-state index contributed by atoms with van der Waals surface area (Å²) in [6.45, 7) is 5.98. The number of urea groups is 1. The molecular weight excluding hydrogens is 276 g/mol. The van der Waals surface area contributed by atoms with Crippen molar-refractivity contribution in [3.05, 3.63) is 0 Å². The third kappa shape index (κ3) is 4.09. The van der Waals surface area contributed by atoms with Gasteiger partial charge in [0.25, 0.3) is 0 Å². The van der Waals surface area contributed by atoms with Crippen molar-refractivity contribution in [2.24, 2.45) is 5.41 Å². The Kier molecular flexibility index (Phi) is 5.99. The maximum Gasteiger partial charge on any atom is 0.328 e. The number of carboxylic acid groups (broad SMARTS) is 1. The summed E-state index contributed by atoms with van der Waals surface area (Å²) in [5.74, 6) is -1.36. The Labute approximate surface area is 124 Å². The topological polar surface area (TPSA) is 95.9 Å². The molecule has 1 rings (SSSR count). The smallest absolute Gasteiger partial charge is 0.328 e. The SMILES string of the molecule is CCCC1(C(=O)O)CCN(C(=O)NC(C)C(=O)OCC)C1. The van der Waals surface area contributed by atoms with Crippen LogP contribution in [0.25, 0.3) is 0 Å². The highest BCUT2D eigenvalue weighted by molar-refractivity contribution is 5.84. The summed E-state index contributed by atoms with van der Waals surface area (Å²) in [6, 6.07) is -1.17. The van der Waals surface area contributed by atoms with Gasteiger partial charge in [0.1, 0.15) is 6.04 Å². The number of aliphatic carboxylic acids is 1. The van der Waals surface area contributed by atoms with E-state index < -0.39 is 29.4 Å². The molecule has 2 unspecified atom stereocenters. The predicted octanol–water partition coefficient (Wildman–Crippen LogP) is 1.22. The molecule has 2 atom stereocenters. The van der Waals surface area contributed by atoms with E-state index in [1.807, 2.05) is 6.92 Å². The fourth-order valence-electron chi connectivity index (χ4n) is 2.61. The molecule has 0 bridgehead atoms. The van der Waals surface area contributed by atoms with E-state index in [0.717, 1.165) is 6.42 Å². The van der Waals surface area contributed by atoms with Crippen LogP contribution in [0.5, 0.6) is 0 Å². The fourth-order valence-corrected chi connectivity index (χ4v) is 2.61. The Morgan fingerprint density at radius 3 is 2.57 bits per heavy atom. The number of nitrogens with zero attached hydrogens (tertiary/aromatic N) is 1. The van der Waals surface area contributed by atoms with Crippen LogP contribution in [0, 0.1) is 5.41 Å². The van der Waals surface area contributed by atoms with Crippen molar-refractivity contribution in [2.45, 2.75) is 46.1 Å². The van der Waals surface area contributed by atoms with Crippen LogP contribution < -0.4 is 5.32 Å². The number of ether oxygens (including phenoxy) is 1. The molecule has 0 aromatic heterocycles. The lowest BCUT2D eigenvalue weighted by Gasteiger charge is -2.25. The van der Waals surface area contributed by atoms with Crippen LogP contribution in [0.4, 0.5) is 4.79 Å². The first-order chi connectivity index (χ1) is 9.86. The van der Waals surface area contributed by atoms with Gasteiger partial charge >= 0.3 is 18.0 Å². The number of rotatable bonds is 6. The van der Waals surface area contributed by atoms with Gasteiger partial charge in [-0.2, -0.15) is 0 Å². The number of hydrogen-bond acceptors (Lipinski definition) is 4. The van der Waals surface area contributed by atoms with Crippen molar-refractivity contribution in [3.8, 4) is 0 Å². The van der Waals surface area contributed by atoms with Crippen LogP contribution in [-0.2, 0) is 14.3 Å². The highest BCUT2D eigenvalue weighted by Gasteiger charge is 2.45. The average molecular weight is 300 g/mol. The number of likely N-dealkylation sites (tertiary alicyclic amines) is 1. The molecule has 2 amide bonds. The Morgan fingerprint density at radius 1 is 1.38 bits per heavy atom. The Bertz CT molecular complexity index is 412. The molecule has 0 aromatic carbocycles. The number of carbonyl (C=O) groups excluding carboxylic acids is 2. The lowest BCUT2D eigenvalue weighted by Crippen LogP contribution is -2.47. The molecule has 1 heterocycles. The average Bonchev–Trinajstić information content (AvgIpc) is 2.85. The van der Waals surface area contributed by atoms with Gasteiger partial charge in [0.2, 0.25) is 0 Å². The number of hydrogen-bond donors (Lipinski definition) is 2. The standard InChI is InChI=1S/C14H24N2O5/c1-4-6-14(12(18)19)7-8-16(9-14)13(20)15-10(3)11(17)21-5-2/h10H,4-9H2,1-3H3,(H,15,20)(H,18,19). The molecule has 0 aliphatic carbocycles. The second kappa shape index (κ2) is 7.28. The molecule has 7 nitrogen and oxygen atoms in total. The van der Waals surface area contributed by atoms with Gasteiger partial charge < -0.3 is 20.1 Å². The van der Waals surface area contributed by atoms with E-state index >= 15 is 0 Å². The van der Waals surface area contributed by atoms with Crippen molar-refractivity contribution < 1.29 is 24.2 Å². The summed E-state index contributed by atoms with van der Waals surface area (Å²) < 4.78 is 4.82. The minimum atomic E-state index is -0.863. The predicted molar refractivity (Wildman–Crippen MR) is 75.8 cm³/mol. The monoisotopic (exact) mass is 300 g/mol. The Morgan fingerprint density at radius 2 is 2.05 bits per heavy atom. The van der Waals surface area contributed by atoms with Crippen molar-refractivity contribution in [2.75, 3.05) is 19.7 Å². The molecule has 21 heavy (non-hydrogen) atoms. The molecule has 1 aliphatic heterocycles. The van der Waals surface area contributed by atoms with Gasteiger partial charge in [0.05, 0.1) is 12.0 Å². The molecule has 1 saturated heterocycles. The number of esters is 1. The van der Waals surface area contributed by atoms with Crippen LogP contribution >= 0.6 is 0 Å². The molecule has 1 fully saturated rings. The van der Waals surface area contributed by atoms with Crippen LogP contribution in [0.15, 0.2) is 0 Å². The van der Waals surface area contributed by atoms with Crippen LogP contribution in [0.3, 0.4) is 0 Å². The molecule has 1 aliphatic rings. The summed E-state index contributed by atoms with van der Waals surface area (Å²) in [6.07, 6.45) is 1.73. The van der Waals surface area contributed by atoms with Crippen LogP contribution in [0.1, 0.15) is 40.0 Å². The van der Waals surface area contributed by atoms with E-state index in [-0.39, 0.29) is 13.2 Å². The van der Waals surface area contributed by atoms with Gasteiger partial charge in [0, 0.05) is 13.1 Å². The molecule has 120 valence electrons. The third-order valence-electron chi connectivity index (χ3n) is 3.80. The molecule has 2 N–H and O–H groups in total. The zero-order valence-corrected chi connectivity index (χ0v) is 12.8. The highest BCUT2D eigenvalue weighted by Crippen LogP contribution is 2.35. The van der Waals surface area contributed by atoms with Crippen LogP contribution in [0.2, 0.25) is 0 Å². The first-order valence-corrected chi connectivity index (χ1v) is 7.31. The van der Waals surface area contributed by atoms with Crippen LogP contribution in [-0.4, -0.2) is 53.7 Å². The largest absolute Gasteiger partial charge is 0.481 e. The fraction of sp³-hybridized carbons (Fsp3) is 0.786. The summed E-state index contributed by atoms with van der Waals surface area (Å²) in [4.78, 5) is 36.5. The van der Waals surface area contributed by atoms with Gasteiger partial charge in [-0.1, -0.05) is 13.3 Å². The van der Waals surface area contributed by atoms with E-state index in [4.69, 9.17) is 4.74 Å². The normalized spacial score (nSPS) is 22.7. The van der Waals surface area contributed by atoms with Gasteiger partial charge in [-0.15, -0.1) is 0 Å². The number of carbonyl (C=O) groups is 3. The molecule has 0 spiro atoms. The van der Waals surface area contributed by atoms with Gasteiger partial charge in [0.15, 0.2) is 0 Å². The van der Waals surface area contributed by atoms with Crippen molar-refractivity contribution in [3.63, 3.8) is 0 Å². The molecular formula is C14H24N2O5. The first-order valence-electron chi connectivity index (χ1n) is 7.31. The molecule has 7 heteroatoms. The van der Waals surface area contributed by atoms with Gasteiger partial charge in [-0.05, 0) is 26.7 Å². The minimum absolute atomic E-state index is 0.178. The van der Waals surface area contributed by atoms with E-state index in [9.17, 15) is 19.5 Å². The quantitative estimate of drug-likeness (QED) is 0.719. The van der Waals surface area contributed by atoms with Gasteiger partial charge in [-0.3, -0.25) is 4.79 Å². The third-order valence-corrected chi connectivity index (χ3v) is 3.80.